The molecule has 0 spiro atoms. The van der Waals surface area contributed by atoms with Gasteiger partial charge in [0.25, 0.3) is 5.91 Å². The predicted molar refractivity (Wildman–Crippen MR) is 124 cm³/mol. The fourth-order valence-corrected chi connectivity index (χ4v) is 3.20. The second-order valence-corrected chi connectivity index (χ2v) is 10.0. The van der Waals surface area contributed by atoms with E-state index in [1.165, 1.54) is 0 Å². The van der Waals surface area contributed by atoms with Gasteiger partial charge >= 0.3 is 0 Å². The molecule has 2 aromatic carbocycles. The minimum atomic E-state index is -1.82. The Labute approximate surface area is 193 Å². The molecule has 3 N–H and O–H groups in total. The quantitative estimate of drug-likeness (QED) is 0.187. The SMILES string of the molecule is O=C(N[C@H](NC(=S)Nc1cccc(Br)c1)C(Cl)(Cl)Cl)c1ccc(I)cc1. The molecule has 0 bridgehead atoms. The average Bonchev–Trinajstić information content (AvgIpc) is 2.53. The van der Waals surface area contributed by atoms with Gasteiger partial charge in [-0.1, -0.05) is 56.8 Å². The lowest BCUT2D eigenvalue weighted by molar-refractivity contribution is 0.0934. The molecule has 138 valence electrons. The summed E-state index contributed by atoms with van der Waals surface area (Å²) in [6, 6.07) is 14.4. The first-order chi connectivity index (χ1) is 12.1. The van der Waals surface area contributed by atoms with Crippen molar-refractivity contribution in [3.05, 3.63) is 62.1 Å². The molecule has 0 aliphatic heterocycles. The third-order valence-corrected chi connectivity index (χ3v) is 5.15. The van der Waals surface area contributed by atoms with Crippen molar-refractivity contribution in [1.29, 1.82) is 0 Å². The van der Waals surface area contributed by atoms with Crippen LogP contribution in [0.2, 0.25) is 0 Å². The summed E-state index contributed by atoms with van der Waals surface area (Å²) in [5, 5.41) is 8.61. The molecule has 0 radical (unpaired) electrons. The molecule has 4 nitrogen and oxygen atoms in total. The highest BCUT2D eigenvalue weighted by atomic mass is 127. The van der Waals surface area contributed by atoms with Crippen molar-refractivity contribution in [1.82, 2.24) is 10.6 Å². The van der Waals surface area contributed by atoms with Gasteiger partial charge in [-0.25, -0.2) is 0 Å². The Bertz CT molecular complexity index is 802. The average molecular weight is 608 g/mol. The summed E-state index contributed by atoms with van der Waals surface area (Å²) in [5.74, 6) is -0.393. The molecule has 0 saturated carbocycles. The zero-order valence-electron chi connectivity index (χ0n) is 12.9. The van der Waals surface area contributed by atoms with E-state index in [1.54, 1.807) is 12.1 Å². The lowest BCUT2D eigenvalue weighted by Gasteiger charge is -2.27. The van der Waals surface area contributed by atoms with Crippen LogP contribution in [0.5, 0.6) is 0 Å². The van der Waals surface area contributed by atoms with Crippen molar-refractivity contribution in [2.75, 3.05) is 5.32 Å². The fourth-order valence-electron chi connectivity index (χ4n) is 1.88. The molecule has 0 aromatic heterocycles. The number of rotatable bonds is 4. The smallest absolute Gasteiger partial charge is 0.252 e. The van der Waals surface area contributed by atoms with E-state index in [0.717, 1.165) is 13.7 Å². The Kier molecular flexibility index (Phi) is 8.24. The van der Waals surface area contributed by atoms with Gasteiger partial charge in [0.2, 0.25) is 3.79 Å². The van der Waals surface area contributed by atoms with Crippen LogP contribution in [0.15, 0.2) is 53.0 Å². The summed E-state index contributed by atoms with van der Waals surface area (Å²) in [5.41, 5.74) is 1.18. The van der Waals surface area contributed by atoms with Crippen molar-refractivity contribution in [3.8, 4) is 0 Å². The van der Waals surface area contributed by atoms with Gasteiger partial charge in [-0.3, -0.25) is 4.79 Å². The van der Waals surface area contributed by atoms with Gasteiger partial charge in [0.1, 0.15) is 6.17 Å². The standard InChI is InChI=1S/C16H12BrCl3IN3OS/c17-10-2-1-3-12(8-10)22-15(26)24-14(16(18,19)20)23-13(25)9-4-6-11(21)7-5-9/h1-8,14H,(H,23,25)(H2,22,24,26)/t14-/m1/s1. The molecular formula is C16H12BrCl3IN3OS. The highest BCUT2D eigenvalue weighted by Crippen LogP contribution is 2.29. The predicted octanol–water partition coefficient (Wildman–Crippen LogP) is 5.47. The van der Waals surface area contributed by atoms with Crippen LogP contribution in [0, 0.1) is 3.57 Å². The second kappa shape index (κ2) is 9.75. The number of benzene rings is 2. The monoisotopic (exact) mass is 605 g/mol. The van der Waals surface area contributed by atoms with Crippen LogP contribution < -0.4 is 16.0 Å². The third-order valence-electron chi connectivity index (χ3n) is 3.07. The number of anilines is 1. The Morgan fingerprint density at radius 1 is 1.12 bits per heavy atom. The van der Waals surface area contributed by atoms with Gasteiger partial charge in [0.05, 0.1) is 0 Å². The fraction of sp³-hybridized carbons (Fsp3) is 0.125. The largest absolute Gasteiger partial charge is 0.339 e. The highest BCUT2D eigenvalue weighted by molar-refractivity contribution is 14.1. The Hall–Kier alpha value is -0.320. The number of alkyl halides is 3. The molecule has 2 aromatic rings. The maximum atomic E-state index is 12.4. The summed E-state index contributed by atoms with van der Waals surface area (Å²) in [7, 11) is 0. The van der Waals surface area contributed by atoms with Crippen LogP contribution >= 0.6 is 85.5 Å². The molecule has 26 heavy (non-hydrogen) atoms. The Balaban J connectivity index is 2.06. The van der Waals surface area contributed by atoms with E-state index in [9.17, 15) is 4.79 Å². The maximum absolute atomic E-state index is 12.4. The van der Waals surface area contributed by atoms with Crippen LogP contribution in [-0.4, -0.2) is 21.0 Å². The number of amides is 1. The number of carbonyl (C=O) groups is 1. The molecule has 2 rings (SSSR count). The lowest BCUT2D eigenvalue weighted by atomic mass is 10.2. The first kappa shape index (κ1) is 22.0. The van der Waals surface area contributed by atoms with E-state index in [-0.39, 0.29) is 5.11 Å². The van der Waals surface area contributed by atoms with Crippen molar-refractivity contribution >= 4 is 102 Å². The zero-order chi connectivity index (χ0) is 19.3. The number of nitrogens with one attached hydrogen (secondary N) is 3. The van der Waals surface area contributed by atoms with E-state index in [1.807, 2.05) is 36.4 Å². The lowest BCUT2D eigenvalue weighted by Crippen LogP contribution is -2.56. The van der Waals surface area contributed by atoms with Crippen LogP contribution in [0.4, 0.5) is 5.69 Å². The van der Waals surface area contributed by atoms with Crippen LogP contribution in [-0.2, 0) is 0 Å². The summed E-state index contributed by atoms with van der Waals surface area (Å²) in [4.78, 5) is 12.4. The maximum Gasteiger partial charge on any atom is 0.252 e. The summed E-state index contributed by atoms with van der Waals surface area (Å²) < 4.78 is 0.0758. The minimum absolute atomic E-state index is 0.197. The van der Waals surface area contributed by atoms with Crippen molar-refractivity contribution in [3.63, 3.8) is 0 Å². The molecule has 1 atom stereocenters. The molecule has 0 unspecified atom stereocenters. The molecule has 0 aliphatic carbocycles. The van der Waals surface area contributed by atoms with Gasteiger partial charge in [-0.05, 0) is 77.3 Å². The number of hydrogen-bond donors (Lipinski definition) is 3. The van der Waals surface area contributed by atoms with Gasteiger partial charge < -0.3 is 16.0 Å². The van der Waals surface area contributed by atoms with Gasteiger partial charge in [-0.2, -0.15) is 0 Å². The molecule has 0 saturated heterocycles. The summed E-state index contributed by atoms with van der Waals surface area (Å²) >= 11 is 28.7. The first-order valence-corrected chi connectivity index (χ1v) is 10.5. The Morgan fingerprint density at radius 2 is 1.77 bits per heavy atom. The van der Waals surface area contributed by atoms with Gasteiger partial charge in [-0.15, -0.1) is 0 Å². The van der Waals surface area contributed by atoms with Crippen LogP contribution in [0.25, 0.3) is 0 Å². The molecule has 0 fully saturated rings. The molecule has 1 amide bonds. The highest BCUT2D eigenvalue weighted by Gasteiger charge is 2.34. The topological polar surface area (TPSA) is 53.2 Å². The van der Waals surface area contributed by atoms with Crippen molar-refractivity contribution in [2.45, 2.75) is 9.96 Å². The number of halogens is 5. The number of carbonyl (C=O) groups excluding carboxylic acids is 1. The Morgan fingerprint density at radius 3 is 2.35 bits per heavy atom. The zero-order valence-corrected chi connectivity index (χ0v) is 19.7. The van der Waals surface area contributed by atoms with E-state index in [0.29, 0.717) is 5.56 Å². The molecule has 0 heterocycles. The van der Waals surface area contributed by atoms with Crippen LogP contribution in [0.1, 0.15) is 10.4 Å². The van der Waals surface area contributed by atoms with Gasteiger partial charge in [0.15, 0.2) is 5.11 Å². The van der Waals surface area contributed by atoms with E-state index >= 15 is 0 Å². The van der Waals surface area contributed by atoms with E-state index in [2.05, 4.69) is 54.5 Å². The molecule has 0 aliphatic rings. The second-order valence-electron chi connectivity index (χ2n) is 5.06. The normalized spacial score (nSPS) is 12.2. The van der Waals surface area contributed by atoms with E-state index < -0.39 is 15.9 Å². The molecule has 10 heteroatoms. The number of thiocarbonyl (C=S) groups is 1. The summed E-state index contributed by atoms with van der Waals surface area (Å²) in [6.07, 6.45) is -1.04. The first-order valence-electron chi connectivity index (χ1n) is 7.11. The minimum Gasteiger partial charge on any atom is -0.339 e. The van der Waals surface area contributed by atoms with Crippen molar-refractivity contribution < 1.29 is 4.79 Å². The van der Waals surface area contributed by atoms with Crippen LogP contribution in [0.3, 0.4) is 0 Å². The van der Waals surface area contributed by atoms with Gasteiger partial charge in [0, 0.05) is 19.3 Å². The third kappa shape index (κ3) is 7.01. The summed E-state index contributed by atoms with van der Waals surface area (Å²) in [6.45, 7) is 0. The number of hydrogen-bond acceptors (Lipinski definition) is 2. The molecular weight excluding hydrogens is 595 g/mol. The van der Waals surface area contributed by atoms with Crippen molar-refractivity contribution in [2.24, 2.45) is 0 Å². The van der Waals surface area contributed by atoms with E-state index in [4.69, 9.17) is 47.0 Å².